The van der Waals surface area contributed by atoms with E-state index in [-0.39, 0.29) is 17.2 Å². The van der Waals surface area contributed by atoms with E-state index in [1.807, 2.05) is 0 Å². The van der Waals surface area contributed by atoms with E-state index >= 15 is 0 Å². The molecule has 0 aliphatic heterocycles. The standard InChI is InChI=1S/C13H13BF2N2O2/c1-13(2,3)20-12(19)18-11-7(9(6-14)17-18)4-5-8(15)10(11)16/h4-5H,6H2,1-3H3. The van der Waals surface area contributed by atoms with Gasteiger partial charge in [0.25, 0.3) is 0 Å². The Morgan fingerprint density at radius 3 is 2.60 bits per heavy atom. The van der Waals surface area contributed by atoms with Gasteiger partial charge in [-0.25, -0.2) is 13.6 Å². The zero-order chi connectivity index (χ0) is 15.1. The Hall–Kier alpha value is -1.92. The van der Waals surface area contributed by atoms with Gasteiger partial charge in [-0.3, -0.25) is 0 Å². The lowest BCUT2D eigenvalue weighted by atomic mass is 9.99. The van der Waals surface area contributed by atoms with Crippen LogP contribution in [0.15, 0.2) is 12.1 Å². The molecule has 0 aliphatic carbocycles. The summed E-state index contributed by atoms with van der Waals surface area (Å²) in [7, 11) is 5.50. The van der Waals surface area contributed by atoms with Crippen molar-refractivity contribution in [2.45, 2.75) is 32.7 Å². The van der Waals surface area contributed by atoms with Crippen LogP contribution in [0.1, 0.15) is 26.5 Å². The molecule has 20 heavy (non-hydrogen) atoms. The van der Waals surface area contributed by atoms with E-state index in [2.05, 4.69) is 5.10 Å². The molecule has 2 rings (SSSR count). The molecule has 0 amide bonds. The highest BCUT2D eigenvalue weighted by molar-refractivity contribution is 6.09. The average molecular weight is 278 g/mol. The number of rotatable bonds is 1. The molecule has 2 radical (unpaired) electrons. The third kappa shape index (κ3) is 2.52. The van der Waals surface area contributed by atoms with Crippen LogP contribution in [0.25, 0.3) is 10.9 Å². The van der Waals surface area contributed by atoms with Gasteiger partial charge in [-0.2, -0.15) is 9.78 Å². The first-order valence-electron chi connectivity index (χ1n) is 6.03. The Labute approximate surface area is 116 Å². The summed E-state index contributed by atoms with van der Waals surface area (Å²) in [6.07, 6.45) is -0.885. The molecule has 1 heterocycles. The number of benzene rings is 1. The van der Waals surface area contributed by atoms with Crippen LogP contribution in [0.2, 0.25) is 0 Å². The van der Waals surface area contributed by atoms with Gasteiger partial charge in [0.05, 0.1) is 13.5 Å². The number of carbonyl (C=O) groups excluding carboxylic acids is 1. The van der Waals surface area contributed by atoms with Crippen molar-refractivity contribution in [2.24, 2.45) is 0 Å². The summed E-state index contributed by atoms with van der Waals surface area (Å²) in [6, 6.07) is 2.31. The molecule has 0 fully saturated rings. The predicted molar refractivity (Wildman–Crippen MR) is 70.7 cm³/mol. The van der Waals surface area contributed by atoms with Crippen molar-refractivity contribution >= 4 is 24.8 Å². The molecule has 0 saturated carbocycles. The Morgan fingerprint density at radius 2 is 2.05 bits per heavy atom. The molecule has 0 bridgehead atoms. The van der Waals surface area contributed by atoms with Crippen LogP contribution in [0.5, 0.6) is 0 Å². The van der Waals surface area contributed by atoms with Gasteiger partial charge in [-0.1, -0.05) is 0 Å². The quantitative estimate of drug-likeness (QED) is 0.753. The third-order valence-electron chi connectivity index (χ3n) is 2.57. The van der Waals surface area contributed by atoms with Crippen molar-refractivity contribution in [1.29, 1.82) is 0 Å². The molecular weight excluding hydrogens is 265 g/mol. The van der Waals surface area contributed by atoms with Crippen LogP contribution < -0.4 is 0 Å². The summed E-state index contributed by atoms with van der Waals surface area (Å²) >= 11 is 0. The molecule has 4 nitrogen and oxygen atoms in total. The van der Waals surface area contributed by atoms with Crippen molar-refractivity contribution in [2.75, 3.05) is 0 Å². The molecule has 7 heteroatoms. The van der Waals surface area contributed by atoms with Gasteiger partial charge < -0.3 is 4.74 Å². The fraction of sp³-hybridized carbons (Fsp3) is 0.385. The van der Waals surface area contributed by atoms with Gasteiger partial charge in [-0.15, -0.1) is 0 Å². The van der Waals surface area contributed by atoms with Crippen LogP contribution >= 0.6 is 0 Å². The second-order valence-corrected chi connectivity index (χ2v) is 5.30. The number of hydrogen-bond acceptors (Lipinski definition) is 3. The fourth-order valence-electron chi connectivity index (χ4n) is 1.79. The minimum Gasteiger partial charge on any atom is -0.442 e. The Bertz CT molecular complexity index is 677. The van der Waals surface area contributed by atoms with Gasteiger partial charge in [-0.05, 0) is 39.2 Å². The third-order valence-corrected chi connectivity index (χ3v) is 2.57. The first-order valence-corrected chi connectivity index (χ1v) is 6.03. The van der Waals surface area contributed by atoms with E-state index in [0.717, 1.165) is 6.07 Å². The summed E-state index contributed by atoms with van der Waals surface area (Å²) in [5.74, 6) is -2.22. The largest absolute Gasteiger partial charge is 0.442 e. The lowest BCUT2D eigenvalue weighted by Crippen LogP contribution is -2.28. The first kappa shape index (κ1) is 14.5. The van der Waals surface area contributed by atoms with Gasteiger partial charge in [0.1, 0.15) is 11.1 Å². The number of aromatic nitrogens is 2. The molecule has 0 saturated heterocycles. The second-order valence-electron chi connectivity index (χ2n) is 5.30. The van der Waals surface area contributed by atoms with Gasteiger partial charge in [0.2, 0.25) is 0 Å². The summed E-state index contributed by atoms with van der Waals surface area (Å²) in [5, 5.41) is 4.19. The molecular formula is C13H13BF2N2O2. The van der Waals surface area contributed by atoms with E-state index in [9.17, 15) is 13.6 Å². The molecule has 0 aliphatic rings. The second kappa shape index (κ2) is 4.88. The topological polar surface area (TPSA) is 44.1 Å². The van der Waals surface area contributed by atoms with Crippen LogP contribution in [-0.4, -0.2) is 29.3 Å². The molecule has 0 unspecified atom stereocenters. The molecule has 0 spiro atoms. The summed E-state index contributed by atoms with van der Waals surface area (Å²) in [5.41, 5.74) is -0.744. The summed E-state index contributed by atoms with van der Waals surface area (Å²) in [4.78, 5) is 12.0. The summed E-state index contributed by atoms with van der Waals surface area (Å²) < 4.78 is 33.1. The van der Waals surface area contributed by atoms with Crippen molar-refractivity contribution < 1.29 is 18.3 Å². The van der Waals surface area contributed by atoms with Gasteiger partial charge in [0, 0.05) is 5.39 Å². The molecule has 0 atom stereocenters. The molecule has 0 N–H and O–H groups in total. The Morgan fingerprint density at radius 1 is 1.40 bits per heavy atom. The van der Waals surface area contributed by atoms with Crippen molar-refractivity contribution in [1.82, 2.24) is 9.78 Å². The monoisotopic (exact) mass is 278 g/mol. The molecule has 1 aromatic carbocycles. The van der Waals surface area contributed by atoms with Crippen molar-refractivity contribution in [3.63, 3.8) is 0 Å². The highest BCUT2D eigenvalue weighted by atomic mass is 19.2. The number of carbonyl (C=O) groups is 1. The zero-order valence-electron chi connectivity index (χ0n) is 11.4. The van der Waals surface area contributed by atoms with E-state index in [1.165, 1.54) is 6.07 Å². The van der Waals surface area contributed by atoms with Crippen molar-refractivity contribution in [3.05, 3.63) is 29.5 Å². The fourth-order valence-corrected chi connectivity index (χ4v) is 1.79. The molecule has 2 aromatic rings. The predicted octanol–water partition coefficient (Wildman–Crippen LogP) is 2.77. The van der Waals surface area contributed by atoms with Gasteiger partial charge >= 0.3 is 6.09 Å². The maximum absolute atomic E-state index is 13.9. The van der Waals surface area contributed by atoms with E-state index in [4.69, 9.17) is 12.6 Å². The average Bonchev–Trinajstić information content (AvgIpc) is 2.71. The SMILES string of the molecule is [B]Cc1nn(C(=O)OC(C)(C)C)c2c(F)c(F)ccc12. The Balaban J connectivity index is 2.64. The summed E-state index contributed by atoms with van der Waals surface area (Å²) in [6.45, 7) is 4.99. The highest BCUT2D eigenvalue weighted by Crippen LogP contribution is 2.24. The normalized spacial score (nSPS) is 11.8. The van der Waals surface area contributed by atoms with E-state index in [0.29, 0.717) is 10.4 Å². The van der Waals surface area contributed by atoms with E-state index < -0.39 is 23.3 Å². The van der Waals surface area contributed by atoms with Crippen LogP contribution in [0.3, 0.4) is 0 Å². The molecule has 104 valence electrons. The van der Waals surface area contributed by atoms with Crippen LogP contribution in [0, 0.1) is 11.6 Å². The van der Waals surface area contributed by atoms with Gasteiger partial charge in [0.15, 0.2) is 11.6 Å². The maximum atomic E-state index is 13.9. The number of nitrogens with zero attached hydrogens (tertiary/aromatic N) is 2. The zero-order valence-corrected chi connectivity index (χ0v) is 11.4. The molecule has 1 aromatic heterocycles. The number of hydrogen-bond donors (Lipinski definition) is 0. The minimum absolute atomic E-state index is 0.00261. The van der Waals surface area contributed by atoms with E-state index in [1.54, 1.807) is 20.8 Å². The highest BCUT2D eigenvalue weighted by Gasteiger charge is 2.24. The van der Waals surface area contributed by atoms with Crippen LogP contribution in [-0.2, 0) is 11.1 Å². The first-order chi connectivity index (χ1) is 9.24. The smallest absolute Gasteiger partial charge is 0.435 e. The maximum Gasteiger partial charge on any atom is 0.435 e. The number of ether oxygens (including phenoxy) is 1. The minimum atomic E-state index is -1.15. The Kier molecular flexibility index (Phi) is 3.54. The lowest BCUT2D eigenvalue weighted by Gasteiger charge is -2.19. The van der Waals surface area contributed by atoms with Crippen molar-refractivity contribution in [3.8, 4) is 0 Å². The number of fused-ring (bicyclic) bond motifs is 1. The number of halogens is 2. The van der Waals surface area contributed by atoms with Crippen LogP contribution in [0.4, 0.5) is 13.6 Å². The lowest BCUT2D eigenvalue weighted by molar-refractivity contribution is 0.0521.